The van der Waals surface area contributed by atoms with E-state index in [0.717, 1.165) is 5.69 Å². The molecule has 7 nitrogen and oxygen atoms in total. The fourth-order valence-corrected chi connectivity index (χ4v) is 2.93. The van der Waals surface area contributed by atoms with Gasteiger partial charge in [0.25, 0.3) is 5.91 Å². The van der Waals surface area contributed by atoms with Gasteiger partial charge in [-0.15, -0.1) is 0 Å². The minimum atomic E-state index is -0.343. The Morgan fingerprint density at radius 2 is 2.00 bits per heavy atom. The van der Waals surface area contributed by atoms with Crippen LogP contribution in [0.2, 0.25) is 0 Å². The number of halogens is 1. The summed E-state index contributed by atoms with van der Waals surface area (Å²) in [5.74, 6) is -0.494. The standard InChI is InChI=1S/C13H17BrN4O3/c1-7(2)11-10(14)12(17-16-11)13(21)15-5-6-18-8(19)3-4-9(18)20/h7H,3-6H2,1-2H3,(H,15,21)(H,16,17). The highest BCUT2D eigenvalue weighted by Crippen LogP contribution is 2.25. The highest BCUT2D eigenvalue weighted by molar-refractivity contribution is 9.10. The van der Waals surface area contributed by atoms with Crippen LogP contribution in [-0.4, -0.2) is 45.9 Å². The molecular formula is C13H17BrN4O3. The highest BCUT2D eigenvalue weighted by Gasteiger charge is 2.28. The molecule has 114 valence electrons. The first kappa shape index (κ1) is 15.7. The third-order valence-corrected chi connectivity index (χ3v) is 4.10. The van der Waals surface area contributed by atoms with Gasteiger partial charge in [-0.25, -0.2) is 0 Å². The summed E-state index contributed by atoms with van der Waals surface area (Å²) in [5.41, 5.74) is 1.13. The predicted octanol–water partition coefficient (Wildman–Crippen LogP) is 1.17. The first-order valence-corrected chi connectivity index (χ1v) is 7.56. The molecule has 1 aliphatic rings. The summed E-state index contributed by atoms with van der Waals surface area (Å²) in [7, 11) is 0. The van der Waals surface area contributed by atoms with Crippen LogP contribution in [0.25, 0.3) is 0 Å². The van der Waals surface area contributed by atoms with Crippen molar-refractivity contribution in [1.29, 1.82) is 0 Å². The number of rotatable bonds is 5. The number of hydrogen-bond donors (Lipinski definition) is 2. The summed E-state index contributed by atoms with van der Waals surface area (Å²) in [6.45, 7) is 4.39. The molecule has 1 aliphatic heterocycles. The average molecular weight is 357 g/mol. The normalized spacial score (nSPS) is 15.1. The van der Waals surface area contributed by atoms with E-state index in [-0.39, 0.29) is 55.3 Å². The second kappa shape index (κ2) is 6.38. The number of likely N-dealkylation sites (tertiary alicyclic amines) is 1. The van der Waals surface area contributed by atoms with Gasteiger partial charge in [0.2, 0.25) is 11.8 Å². The summed E-state index contributed by atoms with van der Waals surface area (Å²) in [6.07, 6.45) is 0.519. The van der Waals surface area contributed by atoms with E-state index in [2.05, 4.69) is 31.4 Å². The molecule has 2 rings (SSSR count). The van der Waals surface area contributed by atoms with E-state index >= 15 is 0 Å². The van der Waals surface area contributed by atoms with Gasteiger partial charge in [-0.05, 0) is 21.8 Å². The van der Waals surface area contributed by atoms with E-state index in [1.54, 1.807) is 0 Å². The number of nitrogens with one attached hydrogen (secondary N) is 2. The summed E-state index contributed by atoms with van der Waals surface area (Å²) < 4.78 is 0.642. The molecule has 0 radical (unpaired) electrons. The van der Waals surface area contributed by atoms with Crippen molar-refractivity contribution in [3.8, 4) is 0 Å². The number of aromatic nitrogens is 2. The first-order valence-electron chi connectivity index (χ1n) is 6.77. The minimum absolute atomic E-state index is 0.183. The van der Waals surface area contributed by atoms with Crippen molar-refractivity contribution < 1.29 is 14.4 Å². The minimum Gasteiger partial charge on any atom is -0.349 e. The summed E-state index contributed by atoms with van der Waals surface area (Å²) >= 11 is 3.36. The number of aromatic amines is 1. The van der Waals surface area contributed by atoms with Gasteiger partial charge < -0.3 is 5.32 Å². The zero-order chi connectivity index (χ0) is 15.6. The maximum absolute atomic E-state index is 12.0. The van der Waals surface area contributed by atoms with Gasteiger partial charge >= 0.3 is 0 Å². The Kier molecular flexibility index (Phi) is 4.76. The van der Waals surface area contributed by atoms with E-state index in [9.17, 15) is 14.4 Å². The topological polar surface area (TPSA) is 95.2 Å². The van der Waals surface area contributed by atoms with Crippen molar-refractivity contribution in [2.45, 2.75) is 32.6 Å². The molecule has 3 amide bonds. The van der Waals surface area contributed by atoms with E-state index in [0.29, 0.717) is 4.47 Å². The zero-order valence-corrected chi connectivity index (χ0v) is 13.5. The van der Waals surface area contributed by atoms with Crippen LogP contribution in [0.3, 0.4) is 0 Å². The van der Waals surface area contributed by atoms with Crippen LogP contribution in [0.5, 0.6) is 0 Å². The fourth-order valence-electron chi connectivity index (χ4n) is 2.11. The lowest BCUT2D eigenvalue weighted by molar-refractivity contribution is -0.138. The lowest BCUT2D eigenvalue weighted by Gasteiger charge is -2.13. The molecule has 1 aromatic rings. The van der Waals surface area contributed by atoms with Crippen LogP contribution in [0.15, 0.2) is 4.47 Å². The summed E-state index contributed by atoms with van der Waals surface area (Å²) in [4.78, 5) is 36.1. The van der Waals surface area contributed by atoms with Crippen LogP contribution in [-0.2, 0) is 9.59 Å². The van der Waals surface area contributed by atoms with Crippen LogP contribution in [0.1, 0.15) is 48.8 Å². The molecule has 0 aliphatic carbocycles. The average Bonchev–Trinajstić information content (AvgIpc) is 2.95. The lowest BCUT2D eigenvalue weighted by atomic mass is 10.1. The molecule has 0 aromatic carbocycles. The SMILES string of the molecule is CC(C)c1[nH]nc(C(=O)NCCN2C(=O)CCC2=O)c1Br. The highest BCUT2D eigenvalue weighted by atomic mass is 79.9. The van der Waals surface area contributed by atoms with Crippen LogP contribution < -0.4 is 5.32 Å². The number of carbonyl (C=O) groups excluding carboxylic acids is 3. The van der Waals surface area contributed by atoms with Crippen LogP contribution in [0.4, 0.5) is 0 Å². The van der Waals surface area contributed by atoms with Crippen molar-refractivity contribution in [2.75, 3.05) is 13.1 Å². The monoisotopic (exact) mass is 356 g/mol. The summed E-state index contributed by atoms with van der Waals surface area (Å²) in [5, 5.41) is 9.47. The van der Waals surface area contributed by atoms with Crippen molar-refractivity contribution in [3.05, 3.63) is 15.9 Å². The molecule has 2 heterocycles. The molecule has 0 atom stereocenters. The summed E-state index contributed by atoms with van der Waals surface area (Å²) in [6, 6.07) is 0. The number of carbonyl (C=O) groups is 3. The quantitative estimate of drug-likeness (QED) is 0.774. The first-order chi connectivity index (χ1) is 9.91. The molecule has 21 heavy (non-hydrogen) atoms. The van der Waals surface area contributed by atoms with Gasteiger partial charge in [0.15, 0.2) is 5.69 Å². The second-order valence-corrected chi connectivity index (χ2v) is 5.94. The van der Waals surface area contributed by atoms with Gasteiger partial charge in [0, 0.05) is 25.9 Å². The number of H-pyrrole nitrogens is 1. The van der Waals surface area contributed by atoms with E-state index in [1.807, 2.05) is 13.8 Å². The van der Waals surface area contributed by atoms with E-state index in [1.165, 1.54) is 4.90 Å². The van der Waals surface area contributed by atoms with Crippen LogP contribution in [0, 0.1) is 0 Å². The van der Waals surface area contributed by atoms with Crippen molar-refractivity contribution in [1.82, 2.24) is 20.4 Å². The Labute approximate surface area is 130 Å². The number of amides is 3. The van der Waals surface area contributed by atoms with E-state index < -0.39 is 0 Å². The van der Waals surface area contributed by atoms with Crippen molar-refractivity contribution in [3.63, 3.8) is 0 Å². The molecule has 1 saturated heterocycles. The number of hydrogen-bond acceptors (Lipinski definition) is 4. The fraction of sp³-hybridized carbons (Fsp3) is 0.538. The van der Waals surface area contributed by atoms with Gasteiger partial charge in [-0.2, -0.15) is 5.10 Å². The van der Waals surface area contributed by atoms with Gasteiger partial charge in [0.05, 0.1) is 10.2 Å². The van der Waals surface area contributed by atoms with Crippen molar-refractivity contribution >= 4 is 33.7 Å². The second-order valence-electron chi connectivity index (χ2n) is 5.15. The molecule has 1 aromatic heterocycles. The number of imide groups is 1. The van der Waals surface area contributed by atoms with Crippen molar-refractivity contribution in [2.24, 2.45) is 0 Å². The molecule has 2 N–H and O–H groups in total. The van der Waals surface area contributed by atoms with Gasteiger partial charge in [0.1, 0.15) is 0 Å². The third-order valence-electron chi connectivity index (χ3n) is 3.30. The molecule has 0 bridgehead atoms. The Morgan fingerprint density at radius 1 is 1.38 bits per heavy atom. The lowest BCUT2D eigenvalue weighted by Crippen LogP contribution is -2.37. The third kappa shape index (κ3) is 3.31. The predicted molar refractivity (Wildman–Crippen MR) is 78.7 cm³/mol. The number of nitrogens with zero attached hydrogens (tertiary/aromatic N) is 2. The molecule has 1 fully saturated rings. The Morgan fingerprint density at radius 3 is 2.52 bits per heavy atom. The molecule has 0 spiro atoms. The van der Waals surface area contributed by atoms with Gasteiger partial charge in [-0.1, -0.05) is 13.8 Å². The van der Waals surface area contributed by atoms with E-state index in [4.69, 9.17) is 0 Å². The Bertz CT molecular complexity index is 566. The Hall–Kier alpha value is -1.70. The molecular weight excluding hydrogens is 340 g/mol. The largest absolute Gasteiger partial charge is 0.349 e. The van der Waals surface area contributed by atoms with Gasteiger partial charge in [-0.3, -0.25) is 24.4 Å². The Balaban J connectivity index is 1.90. The molecule has 8 heteroatoms. The zero-order valence-electron chi connectivity index (χ0n) is 11.9. The maximum Gasteiger partial charge on any atom is 0.273 e. The smallest absolute Gasteiger partial charge is 0.273 e. The molecule has 0 unspecified atom stereocenters. The molecule has 0 saturated carbocycles. The maximum atomic E-state index is 12.0. The van der Waals surface area contributed by atoms with Crippen LogP contribution >= 0.6 is 15.9 Å².